The van der Waals surface area contributed by atoms with E-state index in [4.69, 9.17) is 0 Å². The van der Waals surface area contributed by atoms with Gasteiger partial charge in [-0.25, -0.2) is 18.2 Å². The maximum Gasteiger partial charge on any atom is 0 e. The summed E-state index contributed by atoms with van der Waals surface area (Å²) in [4.78, 5) is 0. The number of aryl methyl sites for hydroxylation is 2. The van der Waals surface area contributed by atoms with Gasteiger partial charge in [0.1, 0.15) is 0 Å². The third-order valence-corrected chi connectivity index (χ3v) is 3.89. The Bertz CT molecular complexity index is 581. The molecule has 0 aliphatic heterocycles. The summed E-state index contributed by atoms with van der Waals surface area (Å²) >= 11 is 0. The number of benzene rings is 1. The molecule has 0 heterocycles. The van der Waals surface area contributed by atoms with Gasteiger partial charge in [0.05, 0.1) is 0 Å². The molecule has 0 fully saturated rings. The van der Waals surface area contributed by atoms with E-state index in [1.54, 1.807) is 0 Å². The minimum atomic E-state index is 0. The fraction of sp³-hybridized carbons (Fsp3) is 0.286. The molecule has 0 radical (unpaired) electrons. The predicted octanol–water partition coefficient (Wildman–Crippen LogP) is 9.21. The number of allylic oxidation sites excluding steroid dienone is 1. The number of rotatable bonds is 1. The van der Waals surface area contributed by atoms with E-state index in [1.165, 1.54) is 28.7 Å². The minimum absolute atomic E-state index is 0. The molecule has 3 rings (SSSR count). The normalized spacial score (nSPS) is 11.8. The standard InChI is InChI=1S/C16H21.C5H5.7CH3.Hf/c1-11-8-13-6-7-14(10-16(3,4)5)15(13)9-12(11)2;1-2-4-5-3-1;;;;;;;;/h6,8-9,14H,10H2,1-5H3;1-5H;7*1H3;/q9*-1;. The van der Waals surface area contributed by atoms with E-state index in [0.717, 1.165) is 0 Å². The zero-order valence-electron chi connectivity index (χ0n) is 21.4. The van der Waals surface area contributed by atoms with Crippen LogP contribution in [0.4, 0.5) is 0 Å². The fourth-order valence-corrected chi connectivity index (χ4v) is 2.67. The first kappa shape index (κ1) is 46.4. The third kappa shape index (κ3) is 14.8. The van der Waals surface area contributed by atoms with E-state index in [0.29, 0.717) is 11.3 Å². The summed E-state index contributed by atoms with van der Waals surface area (Å²) < 4.78 is 0. The largest absolute Gasteiger partial charge is 0.358 e. The maximum atomic E-state index is 3.51. The van der Waals surface area contributed by atoms with Crippen LogP contribution in [0.1, 0.15) is 55.4 Å². The van der Waals surface area contributed by atoms with Gasteiger partial charge in [-0.2, -0.15) is 23.8 Å². The van der Waals surface area contributed by atoms with Crippen LogP contribution >= 0.6 is 0 Å². The van der Waals surface area contributed by atoms with Crippen molar-refractivity contribution in [1.29, 1.82) is 0 Å². The van der Waals surface area contributed by atoms with E-state index >= 15 is 0 Å². The quantitative estimate of drug-likeness (QED) is 0.240. The Morgan fingerprint density at radius 2 is 1.28 bits per heavy atom. The third-order valence-electron chi connectivity index (χ3n) is 3.89. The second-order valence-corrected chi connectivity index (χ2v) is 7.16. The minimum Gasteiger partial charge on any atom is -0.358 e. The van der Waals surface area contributed by atoms with Crippen molar-refractivity contribution in [1.82, 2.24) is 0 Å². The van der Waals surface area contributed by atoms with Crippen molar-refractivity contribution in [2.45, 2.75) is 47.0 Å². The van der Waals surface area contributed by atoms with Crippen molar-refractivity contribution in [2.24, 2.45) is 5.41 Å². The summed E-state index contributed by atoms with van der Waals surface area (Å²) in [6.45, 7) is 11.3. The van der Waals surface area contributed by atoms with Crippen LogP contribution in [-0.2, 0) is 25.8 Å². The van der Waals surface area contributed by atoms with Crippen LogP contribution in [0.3, 0.4) is 0 Å². The first-order chi connectivity index (χ1) is 9.87. The molecule has 29 heavy (non-hydrogen) atoms. The van der Waals surface area contributed by atoms with E-state index in [9.17, 15) is 0 Å². The summed E-state index contributed by atoms with van der Waals surface area (Å²) in [6, 6.07) is 14.6. The molecule has 1 unspecified atom stereocenters. The summed E-state index contributed by atoms with van der Waals surface area (Å²) in [6.07, 6.45) is 6.85. The van der Waals surface area contributed by atoms with Gasteiger partial charge in [0.25, 0.3) is 0 Å². The van der Waals surface area contributed by atoms with Crippen molar-refractivity contribution in [3.63, 3.8) is 0 Å². The topological polar surface area (TPSA) is 0 Å². The van der Waals surface area contributed by atoms with Crippen molar-refractivity contribution in [2.75, 3.05) is 0 Å². The van der Waals surface area contributed by atoms with Gasteiger partial charge in [0.15, 0.2) is 0 Å². The second kappa shape index (κ2) is 20.5. The average molecular weight is 562 g/mol. The Hall–Kier alpha value is -0.820. The van der Waals surface area contributed by atoms with Crippen molar-refractivity contribution in [3.8, 4) is 0 Å². The van der Waals surface area contributed by atoms with Crippen LogP contribution in [0.15, 0.2) is 42.5 Å². The molecule has 1 aliphatic rings. The van der Waals surface area contributed by atoms with Crippen LogP contribution < -0.4 is 0 Å². The molecule has 0 aromatic heterocycles. The predicted molar refractivity (Wildman–Crippen MR) is 137 cm³/mol. The second-order valence-electron chi connectivity index (χ2n) is 7.16. The molecule has 0 nitrogen and oxygen atoms in total. The fourth-order valence-electron chi connectivity index (χ4n) is 2.67. The van der Waals surface area contributed by atoms with Crippen LogP contribution in [0, 0.1) is 77.3 Å². The van der Waals surface area contributed by atoms with Gasteiger partial charge in [-0.15, -0.1) is 11.6 Å². The Labute approximate surface area is 206 Å². The van der Waals surface area contributed by atoms with Crippen LogP contribution in [-0.4, -0.2) is 0 Å². The van der Waals surface area contributed by atoms with Crippen LogP contribution in [0.5, 0.6) is 0 Å². The van der Waals surface area contributed by atoms with Gasteiger partial charge in [-0.05, 0) is 19.3 Å². The molecule has 0 amide bonds. The Morgan fingerprint density at radius 3 is 1.66 bits per heavy atom. The van der Waals surface area contributed by atoms with Gasteiger partial charge in [-0.1, -0.05) is 50.3 Å². The van der Waals surface area contributed by atoms with E-state index in [1.807, 2.05) is 30.3 Å². The first-order valence-electron chi connectivity index (χ1n) is 7.74. The molecule has 2 aromatic rings. The van der Waals surface area contributed by atoms with Crippen molar-refractivity contribution < 1.29 is 25.8 Å². The summed E-state index contributed by atoms with van der Waals surface area (Å²) in [5, 5.41) is 0. The Morgan fingerprint density at radius 1 is 0.828 bits per heavy atom. The molecular formula is C28H47Hf-9. The SMILES string of the molecule is Cc1cc2c(cc1C)C(CC(C)(C)C)[C-]=C2.[CH3-].[CH3-].[CH3-].[CH3-].[CH3-].[CH3-].[CH3-].[Hf].c1cc[cH-]c1. The van der Waals surface area contributed by atoms with Gasteiger partial charge in [-0.3, -0.25) is 6.08 Å². The number of hydrogen-bond donors (Lipinski definition) is 0. The van der Waals surface area contributed by atoms with E-state index in [2.05, 4.69) is 58.9 Å². The molecule has 1 aliphatic carbocycles. The molecule has 0 saturated heterocycles. The van der Waals surface area contributed by atoms with Crippen LogP contribution in [0.2, 0.25) is 0 Å². The molecule has 0 bridgehead atoms. The molecule has 172 valence electrons. The van der Waals surface area contributed by atoms with Gasteiger partial charge in [0.2, 0.25) is 0 Å². The van der Waals surface area contributed by atoms with Gasteiger partial charge < -0.3 is 52.0 Å². The summed E-state index contributed by atoms with van der Waals surface area (Å²) in [5.74, 6) is 0.495. The molecule has 1 atom stereocenters. The Balaban J connectivity index is -0.0000000667. The van der Waals surface area contributed by atoms with Crippen molar-refractivity contribution >= 4 is 6.08 Å². The average Bonchev–Trinajstić information content (AvgIpc) is 3.04. The Kier molecular flexibility index (Phi) is 32.7. The molecular weight excluding hydrogens is 515 g/mol. The summed E-state index contributed by atoms with van der Waals surface area (Å²) in [7, 11) is 0. The number of hydrogen-bond acceptors (Lipinski definition) is 0. The van der Waals surface area contributed by atoms with Crippen molar-refractivity contribution in [3.05, 3.63) is 123 Å². The number of fused-ring (bicyclic) bond motifs is 1. The van der Waals surface area contributed by atoms with Gasteiger partial charge >= 0.3 is 0 Å². The summed E-state index contributed by atoms with van der Waals surface area (Å²) in [5.41, 5.74) is 5.99. The van der Waals surface area contributed by atoms with E-state index in [-0.39, 0.29) is 77.8 Å². The molecule has 0 N–H and O–H groups in total. The molecule has 0 spiro atoms. The maximum absolute atomic E-state index is 3.51. The monoisotopic (exact) mass is 563 g/mol. The van der Waals surface area contributed by atoms with Crippen LogP contribution in [0.25, 0.3) is 6.08 Å². The zero-order valence-corrected chi connectivity index (χ0v) is 25.0. The van der Waals surface area contributed by atoms with Gasteiger partial charge in [0, 0.05) is 25.8 Å². The molecule has 2 aromatic carbocycles. The molecule has 1 heteroatoms. The van der Waals surface area contributed by atoms with E-state index < -0.39 is 0 Å². The molecule has 0 saturated carbocycles. The first-order valence-corrected chi connectivity index (χ1v) is 7.74. The zero-order chi connectivity index (χ0) is 15.5. The smallest absolute Gasteiger partial charge is 0 e.